The van der Waals surface area contributed by atoms with E-state index in [2.05, 4.69) is 26.0 Å². The third-order valence-corrected chi connectivity index (χ3v) is 4.24. The van der Waals surface area contributed by atoms with E-state index in [1.807, 2.05) is 24.0 Å². The molecule has 1 heterocycles. The number of piperidine rings is 1. The third-order valence-electron chi connectivity index (χ3n) is 4.24. The van der Waals surface area contributed by atoms with Gasteiger partial charge in [-0.1, -0.05) is 26.0 Å². The molecule has 2 N–H and O–H groups in total. The van der Waals surface area contributed by atoms with Gasteiger partial charge in [-0.15, -0.1) is 0 Å². The number of carbonyl (C=O) groups excluding carboxylic acids is 1. The summed E-state index contributed by atoms with van der Waals surface area (Å²) in [7, 11) is 0. The van der Waals surface area contributed by atoms with Gasteiger partial charge in [-0.2, -0.15) is 0 Å². The van der Waals surface area contributed by atoms with Gasteiger partial charge in [0.1, 0.15) is 0 Å². The molecule has 0 radical (unpaired) electrons. The van der Waals surface area contributed by atoms with Crippen molar-refractivity contribution in [1.82, 2.24) is 4.90 Å². The fourth-order valence-electron chi connectivity index (χ4n) is 2.93. The molecule has 0 spiro atoms. The molecule has 2 unspecified atom stereocenters. The molecule has 2 rings (SSSR count). The van der Waals surface area contributed by atoms with Crippen LogP contribution >= 0.6 is 0 Å². The van der Waals surface area contributed by atoms with E-state index in [0.717, 1.165) is 24.9 Å². The number of carbonyl (C=O) groups is 1. The molecule has 3 heteroatoms. The highest BCUT2D eigenvalue weighted by Gasteiger charge is 2.29. The summed E-state index contributed by atoms with van der Waals surface area (Å²) in [6, 6.07) is 8.23. The van der Waals surface area contributed by atoms with Crippen molar-refractivity contribution >= 4 is 5.91 Å². The van der Waals surface area contributed by atoms with Gasteiger partial charge in [0, 0.05) is 24.2 Å². The lowest BCUT2D eigenvalue weighted by molar-refractivity contribution is 0.0584. The first-order valence-corrected chi connectivity index (χ1v) is 7.67. The van der Waals surface area contributed by atoms with Crippen molar-refractivity contribution < 1.29 is 4.79 Å². The fraction of sp³-hybridized carbons (Fsp3) is 0.588. The highest BCUT2D eigenvalue weighted by atomic mass is 16.2. The summed E-state index contributed by atoms with van der Waals surface area (Å²) >= 11 is 0. The van der Waals surface area contributed by atoms with Crippen molar-refractivity contribution in [2.75, 3.05) is 6.54 Å². The lowest BCUT2D eigenvalue weighted by Gasteiger charge is -2.38. The quantitative estimate of drug-likeness (QED) is 0.920. The molecular weight excluding hydrogens is 248 g/mol. The van der Waals surface area contributed by atoms with Crippen LogP contribution in [-0.2, 0) is 0 Å². The Labute approximate surface area is 122 Å². The Bertz CT molecular complexity index is 451. The van der Waals surface area contributed by atoms with Gasteiger partial charge in [0.2, 0.25) is 0 Å². The molecule has 1 aliphatic heterocycles. The third kappa shape index (κ3) is 3.21. The van der Waals surface area contributed by atoms with Crippen LogP contribution in [0.3, 0.4) is 0 Å². The van der Waals surface area contributed by atoms with E-state index in [1.165, 1.54) is 12.0 Å². The molecule has 0 aliphatic carbocycles. The molecular formula is C17H26N2O. The summed E-state index contributed by atoms with van der Waals surface area (Å²) in [5, 5.41) is 0. The summed E-state index contributed by atoms with van der Waals surface area (Å²) in [6.07, 6.45) is 3.27. The van der Waals surface area contributed by atoms with Crippen LogP contribution in [-0.4, -0.2) is 29.4 Å². The number of rotatable bonds is 3. The van der Waals surface area contributed by atoms with E-state index in [-0.39, 0.29) is 18.0 Å². The smallest absolute Gasteiger partial charge is 0.254 e. The van der Waals surface area contributed by atoms with Crippen molar-refractivity contribution in [1.29, 1.82) is 0 Å². The lowest BCUT2D eigenvalue weighted by atomic mass is 9.95. The average molecular weight is 274 g/mol. The van der Waals surface area contributed by atoms with Gasteiger partial charge >= 0.3 is 0 Å². The van der Waals surface area contributed by atoms with Crippen molar-refractivity contribution in [2.24, 2.45) is 5.73 Å². The molecule has 110 valence electrons. The van der Waals surface area contributed by atoms with Crippen molar-refractivity contribution in [3.05, 3.63) is 35.4 Å². The Kier molecular flexibility index (Phi) is 4.81. The summed E-state index contributed by atoms with van der Waals surface area (Å²) in [5.41, 5.74) is 8.09. The highest BCUT2D eigenvalue weighted by molar-refractivity contribution is 5.94. The predicted octanol–water partition coefficient (Wildman–Crippen LogP) is 3.15. The number of nitrogens with two attached hydrogens (primary N) is 1. The Balaban J connectivity index is 2.16. The maximum absolute atomic E-state index is 12.7. The van der Waals surface area contributed by atoms with Gasteiger partial charge in [0.15, 0.2) is 0 Å². The largest absolute Gasteiger partial charge is 0.334 e. The number of benzene rings is 1. The number of nitrogens with zero attached hydrogens (tertiary/aromatic N) is 1. The van der Waals surface area contributed by atoms with Gasteiger partial charge in [-0.05, 0) is 49.8 Å². The topological polar surface area (TPSA) is 46.3 Å². The van der Waals surface area contributed by atoms with Crippen molar-refractivity contribution in [3.63, 3.8) is 0 Å². The van der Waals surface area contributed by atoms with Gasteiger partial charge in [0.05, 0.1) is 0 Å². The van der Waals surface area contributed by atoms with Gasteiger partial charge in [-0.25, -0.2) is 0 Å². The molecule has 1 aromatic rings. The molecule has 3 nitrogen and oxygen atoms in total. The molecule has 1 amide bonds. The molecule has 0 saturated carbocycles. The number of amides is 1. The molecule has 1 fully saturated rings. The Morgan fingerprint density at radius 2 is 1.85 bits per heavy atom. The zero-order chi connectivity index (χ0) is 14.7. The SMILES string of the molecule is CC(C)c1ccc(C(=O)N2CCCCC2C(C)N)cc1. The van der Waals surface area contributed by atoms with Crippen LogP contribution in [0, 0.1) is 0 Å². The van der Waals surface area contributed by atoms with Crippen LogP contribution in [0.25, 0.3) is 0 Å². The zero-order valence-corrected chi connectivity index (χ0v) is 12.8. The monoisotopic (exact) mass is 274 g/mol. The Morgan fingerprint density at radius 1 is 1.20 bits per heavy atom. The summed E-state index contributed by atoms with van der Waals surface area (Å²) < 4.78 is 0. The van der Waals surface area contributed by atoms with Gasteiger partial charge in [-0.3, -0.25) is 4.79 Å². The maximum atomic E-state index is 12.7. The van der Waals surface area contributed by atoms with Crippen LogP contribution in [0.4, 0.5) is 0 Å². The second kappa shape index (κ2) is 6.40. The summed E-state index contributed by atoms with van der Waals surface area (Å²) in [4.78, 5) is 14.6. The first-order chi connectivity index (χ1) is 9.50. The van der Waals surface area contributed by atoms with Crippen LogP contribution in [0.5, 0.6) is 0 Å². The fourth-order valence-corrected chi connectivity index (χ4v) is 2.93. The van der Waals surface area contributed by atoms with E-state index < -0.39 is 0 Å². The summed E-state index contributed by atoms with van der Waals surface area (Å²) in [5.74, 6) is 0.619. The van der Waals surface area contributed by atoms with E-state index in [1.54, 1.807) is 0 Å². The highest BCUT2D eigenvalue weighted by Crippen LogP contribution is 2.22. The molecule has 0 bridgehead atoms. The first-order valence-electron chi connectivity index (χ1n) is 7.67. The standard InChI is InChI=1S/C17H26N2O/c1-12(2)14-7-9-15(10-8-14)17(20)19-11-5-4-6-16(19)13(3)18/h7-10,12-13,16H,4-6,11,18H2,1-3H3. The first kappa shape index (κ1) is 15.0. The van der Waals surface area contributed by atoms with E-state index in [4.69, 9.17) is 5.73 Å². The normalized spacial score (nSPS) is 21.1. The van der Waals surface area contributed by atoms with E-state index >= 15 is 0 Å². The molecule has 2 atom stereocenters. The molecule has 1 saturated heterocycles. The molecule has 20 heavy (non-hydrogen) atoms. The Hall–Kier alpha value is -1.35. The van der Waals surface area contributed by atoms with E-state index in [9.17, 15) is 4.79 Å². The van der Waals surface area contributed by atoms with Crippen LogP contribution in [0.15, 0.2) is 24.3 Å². The minimum Gasteiger partial charge on any atom is -0.334 e. The minimum atomic E-state index is 0.0363. The lowest BCUT2D eigenvalue weighted by Crippen LogP contribution is -2.51. The minimum absolute atomic E-state index is 0.0363. The Morgan fingerprint density at radius 3 is 2.40 bits per heavy atom. The zero-order valence-electron chi connectivity index (χ0n) is 12.8. The van der Waals surface area contributed by atoms with Gasteiger partial charge in [0.25, 0.3) is 5.91 Å². The van der Waals surface area contributed by atoms with Crippen molar-refractivity contribution in [2.45, 2.75) is 58.0 Å². The van der Waals surface area contributed by atoms with Crippen LogP contribution in [0.2, 0.25) is 0 Å². The second-order valence-electron chi connectivity index (χ2n) is 6.20. The maximum Gasteiger partial charge on any atom is 0.254 e. The molecule has 1 aromatic carbocycles. The molecule has 1 aliphatic rings. The molecule has 0 aromatic heterocycles. The number of hydrogen-bond donors (Lipinski definition) is 1. The second-order valence-corrected chi connectivity index (χ2v) is 6.20. The average Bonchev–Trinajstić information content (AvgIpc) is 2.46. The van der Waals surface area contributed by atoms with Crippen LogP contribution < -0.4 is 5.73 Å². The van der Waals surface area contributed by atoms with Gasteiger partial charge < -0.3 is 10.6 Å². The number of hydrogen-bond acceptors (Lipinski definition) is 2. The number of likely N-dealkylation sites (tertiary alicyclic amines) is 1. The van der Waals surface area contributed by atoms with Crippen molar-refractivity contribution in [3.8, 4) is 0 Å². The van der Waals surface area contributed by atoms with E-state index in [0.29, 0.717) is 5.92 Å². The summed E-state index contributed by atoms with van der Waals surface area (Å²) in [6.45, 7) is 7.15. The van der Waals surface area contributed by atoms with Crippen LogP contribution in [0.1, 0.15) is 61.9 Å². The predicted molar refractivity (Wildman–Crippen MR) is 82.9 cm³/mol.